The number of ether oxygens (including phenoxy) is 2. The number of aliphatic hydroxyl groups excluding tert-OH is 1. The topological polar surface area (TPSA) is 99.5 Å². The van der Waals surface area contributed by atoms with Gasteiger partial charge in [-0.1, -0.05) is 18.2 Å². The Morgan fingerprint density at radius 3 is 2.45 bits per heavy atom. The van der Waals surface area contributed by atoms with Gasteiger partial charge < -0.3 is 24.6 Å². The maximum atomic E-state index is 12.6. The van der Waals surface area contributed by atoms with Crippen molar-refractivity contribution in [2.45, 2.75) is 37.8 Å². The molecule has 172 valence electrons. The third kappa shape index (κ3) is 6.66. The van der Waals surface area contributed by atoms with Crippen LogP contribution in [0.1, 0.15) is 25.7 Å². The summed E-state index contributed by atoms with van der Waals surface area (Å²) in [7, 11) is 0. The summed E-state index contributed by atoms with van der Waals surface area (Å²) in [6, 6.07) is 9.95. The van der Waals surface area contributed by atoms with Crippen molar-refractivity contribution in [3.05, 3.63) is 30.3 Å². The molecule has 3 fully saturated rings. The summed E-state index contributed by atoms with van der Waals surface area (Å²) in [5.74, 6) is 2.03. The van der Waals surface area contributed by atoms with E-state index in [-0.39, 0.29) is 24.5 Å². The fraction of sp³-hybridized carbons (Fsp3) is 0.652. The Bertz CT molecular complexity index is 682. The molecule has 4 atom stereocenters. The predicted octanol–water partition coefficient (Wildman–Crippen LogP) is 1.48. The molecule has 4 rings (SSSR count). The second-order valence-electron chi connectivity index (χ2n) is 8.44. The highest BCUT2D eigenvalue weighted by molar-refractivity contribution is 5.76. The van der Waals surface area contributed by atoms with E-state index in [2.05, 4.69) is 4.90 Å². The van der Waals surface area contributed by atoms with Gasteiger partial charge in [0.15, 0.2) is 0 Å². The van der Waals surface area contributed by atoms with Crippen LogP contribution in [0.25, 0.3) is 0 Å². The molecule has 3 aliphatic rings. The second-order valence-corrected chi connectivity index (χ2v) is 8.44. The van der Waals surface area contributed by atoms with Crippen LogP contribution in [-0.4, -0.2) is 90.5 Å². The number of likely N-dealkylation sites (tertiary alicyclic amines) is 1. The minimum atomic E-state index is -0.284. The van der Waals surface area contributed by atoms with Crippen molar-refractivity contribution in [2.24, 2.45) is 11.8 Å². The van der Waals surface area contributed by atoms with Gasteiger partial charge in [-0.3, -0.25) is 14.5 Å². The molecule has 8 heteroatoms. The SMILES string of the molecule is O=C(CCCOc1ccccc1)N1C[C@H]2C[C@@H](N3CCOCC3)[C@H](O)C[C@H]2C1.O=CO. The summed E-state index contributed by atoms with van der Waals surface area (Å²) in [5.41, 5.74) is 0. The third-order valence-corrected chi connectivity index (χ3v) is 6.52. The second kappa shape index (κ2) is 12.0. The van der Waals surface area contributed by atoms with Gasteiger partial charge in [-0.15, -0.1) is 0 Å². The maximum Gasteiger partial charge on any atom is 0.290 e. The number of benzene rings is 1. The summed E-state index contributed by atoms with van der Waals surface area (Å²) in [6.07, 6.45) is 2.79. The highest BCUT2D eigenvalue weighted by atomic mass is 16.5. The lowest BCUT2D eigenvalue weighted by atomic mass is 9.77. The van der Waals surface area contributed by atoms with Crippen molar-refractivity contribution in [1.29, 1.82) is 0 Å². The van der Waals surface area contributed by atoms with E-state index < -0.39 is 0 Å². The molecule has 2 heterocycles. The van der Waals surface area contributed by atoms with Gasteiger partial charge in [0.2, 0.25) is 5.91 Å². The van der Waals surface area contributed by atoms with Crippen LogP contribution in [0.3, 0.4) is 0 Å². The molecule has 1 amide bonds. The van der Waals surface area contributed by atoms with Crippen molar-refractivity contribution in [3.8, 4) is 5.75 Å². The molecule has 2 N–H and O–H groups in total. The van der Waals surface area contributed by atoms with Crippen LogP contribution in [0, 0.1) is 11.8 Å². The minimum Gasteiger partial charge on any atom is -0.494 e. The number of carbonyl (C=O) groups excluding carboxylic acids is 1. The molecule has 2 aliphatic heterocycles. The first-order chi connectivity index (χ1) is 15.1. The zero-order chi connectivity index (χ0) is 22.1. The average Bonchev–Trinajstić information content (AvgIpc) is 3.21. The Balaban J connectivity index is 0.000000858. The number of fused-ring (bicyclic) bond motifs is 1. The summed E-state index contributed by atoms with van der Waals surface area (Å²) < 4.78 is 11.1. The molecule has 1 aromatic carbocycles. The van der Waals surface area contributed by atoms with Crippen molar-refractivity contribution < 1.29 is 29.3 Å². The number of para-hydroxylation sites is 1. The largest absolute Gasteiger partial charge is 0.494 e. The van der Waals surface area contributed by atoms with Crippen molar-refractivity contribution in [2.75, 3.05) is 46.0 Å². The van der Waals surface area contributed by atoms with E-state index in [1.807, 2.05) is 35.2 Å². The Hall–Kier alpha value is -2.16. The standard InChI is InChI=1S/C22H32N2O4.CH2O2/c25-21-14-18-16-24(15-17(18)13-20(21)23-8-11-27-12-9-23)22(26)7-4-10-28-19-5-2-1-3-6-19;2-1-3/h1-3,5-6,17-18,20-21,25H,4,7-16H2;1H,(H,2,3)/t17-,18+,20-,21-;/m1./s1. The predicted molar refractivity (Wildman–Crippen MR) is 115 cm³/mol. The molecule has 1 aliphatic carbocycles. The number of carboxylic acid groups (broad SMARTS) is 1. The van der Waals surface area contributed by atoms with E-state index in [0.717, 1.165) is 64.4 Å². The van der Waals surface area contributed by atoms with Crippen LogP contribution in [0.5, 0.6) is 5.75 Å². The molecular weight excluding hydrogens is 400 g/mol. The molecule has 0 bridgehead atoms. The monoisotopic (exact) mass is 434 g/mol. The summed E-state index contributed by atoms with van der Waals surface area (Å²) in [5, 5.41) is 17.6. The quantitative estimate of drug-likeness (QED) is 0.517. The number of hydrogen-bond donors (Lipinski definition) is 2. The Labute approximate surface area is 183 Å². The van der Waals surface area contributed by atoms with Crippen LogP contribution >= 0.6 is 0 Å². The van der Waals surface area contributed by atoms with E-state index in [1.54, 1.807) is 0 Å². The van der Waals surface area contributed by atoms with Crippen molar-refractivity contribution in [3.63, 3.8) is 0 Å². The van der Waals surface area contributed by atoms with E-state index >= 15 is 0 Å². The van der Waals surface area contributed by atoms with E-state index in [9.17, 15) is 9.90 Å². The van der Waals surface area contributed by atoms with Crippen LogP contribution < -0.4 is 4.74 Å². The molecule has 0 aromatic heterocycles. The van der Waals surface area contributed by atoms with Gasteiger partial charge in [0.1, 0.15) is 5.75 Å². The molecule has 1 aromatic rings. The van der Waals surface area contributed by atoms with Crippen molar-refractivity contribution in [1.82, 2.24) is 9.80 Å². The number of rotatable bonds is 6. The van der Waals surface area contributed by atoms with Gasteiger partial charge in [0.05, 0.1) is 25.9 Å². The first kappa shape index (κ1) is 23.5. The normalized spacial score (nSPS) is 28.2. The Morgan fingerprint density at radius 1 is 1.13 bits per heavy atom. The van der Waals surface area contributed by atoms with E-state index in [1.165, 1.54) is 0 Å². The van der Waals surface area contributed by atoms with Gasteiger partial charge in [-0.25, -0.2) is 0 Å². The highest BCUT2D eigenvalue weighted by Gasteiger charge is 2.44. The van der Waals surface area contributed by atoms with Gasteiger partial charge in [0, 0.05) is 38.6 Å². The first-order valence-electron chi connectivity index (χ1n) is 11.2. The van der Waals surface area contributed by atoms with Crippen LogP contribution in [0.15, 0.2) is 30.3 Å². The van der Waals surface area contributed by atoms with Crippen LogP contribution in [0.4, 0.5) is 0 Å². The zero-order valence-electron chi connectivity index (χ0n) is 18.0. The molecule has 2 saturated heterocycles. The van der Waals surface area contributed by atoms with Crippen LogP contribution in [0.2, 0.25) is 0 Å². The summed E-state index contributed by atoms with van der Waals surface area (Å²) >= 11 is 0. The summed E-state index contributed by atoms with van der Waals surface area (Å²) in [4.78, 5) is 25.4. The highest BCUT2D eigenvalue weighted by Crippen LogP contribution is 2.38. The number of hydrogen-bond acceptors (Lipinski definition) is 6. The van der Waals surface area contributed by atoms with Gasteiger partial charge in [0.25, 0.3) is 6.47 Å². The molecular formula is C23H34N2O6. The molecule has 0 radical (unpaired) electrons. The molecule has 0 unspecified atom stereocenters. The van der Waals surface area contributed by atoms with E-state index in [0.29, 0.717) is 24.9 Å². The fourth-order valence-corrected chi connectivity index (χ4v) is 5.00. The number of nitrogens with zero attached hydrogens (tertiary/aromatic N) is 2. The van der Waals surface area contributed by atoms with E-state index in [4.69, 9.17) is 19.4 Å². The molecule has 0 spiro atoms. The molecule has 31 heavy (non-hydrogen) atoms. The van der Waals surface area contributed by atoms with Gasteiger partial charge in [-0.05, 0) is 43.2 Å². The van der Waals surface area contributed by atoms with Crippen molar-refractivity contribution >= 4 is 12.4 Å². The third-order valence-electron chi connectivity index (χ3n) is 6.52. The number of amides is 1. The lowest BCUT2D eigenvalue weighted by Gasteiger charge is -2.43. The number of carbonyl (C=O) groups is 2. The molecule has 1 saturated carbocycles. The number of aliphatic hydroxyl groups is 1. The zero-order valence-corrected chi connectivity index (χ0v) is 18.0. The smallest absolute Gasteiger partial charge is 0.290 e. The summed E-state index contributed by atoms with van der Waals surface area (Å²) in [6.45, 7) is 5.28. The maximum absolute atomic E-state index is 12.6. The lowest BCUT2D eigenvalue weighted by molar-refractivity contribution is -0.130. The molecule has 8 nitrogen and oxygen atoms in total. The first-order valence-corrected chi connectivity index (χ1v) is 11.2. The van der Waals surface area contributed by atoms with Gasteiger partial charge >= 0.3 is 0 Å². The number of morpholine rings is 1. The van der Waals surface area contributed by atoms with Crippen LogP contribution in [-0.2, 0) is 14.3 Å². The fourth-order valence-electron chi connectivity index (χ4n) is 5.00. The minimum absolute atomic E-state index is 0.222. The lowest BCUT2D eigenvalue weighted by Crippen LogP contribution is -2.53. The van der Waals surface area contributed by atoms with Gasteiger partial charge in [-0.2, -0.15) is 0 Å². The average molecular weight is 435 g/mol. The Morgan fingerprint density at radius 2 is 1.77 bits per heavy atom. The Kier molecular flexibility index (Phi) is 9.12.